The van der Waals surface area contributed by atoms with Gasteiger partial charge in [-0.3, -0.25) is 5.32 Å². The maximum absolute atomic E-state index is 13.3. The molecular formula is C23H17F4N5OS. The zero-order valence-corrected chi connectivity index (χ0v) is 18.4. The summed E-state index contributed by atoms with van der Waals surface area (Å²) in [7, 11) is 0. The molecule has 2 aromatic heterocycles. The Morgan fingerprint density at radius 1 is 0.971 bits per heavy atom. The number of carbonyl (C=O) groups is 1. The molecule has 0 spiro atoms. The van der Waals surface area contributed by atoms with E-state index < -0.39 is 23.6 Å². The van der Waals surface area contributed by atoms with Crippen LogP contribution in [0, 0.1) is 12.7 Å². The van der Waals surface area contributed by atoms with Crippen LogP contribution in [0.2, 0.25) is 0 Å². The largest absolute Gasteiger partial charge is 0.416 e. The van der Waals surface area contributed by atoms with E-state index in [9.17, 15) is 22.4 Å². The second kappa shape index (κ2) is 9.48. The van der Waals surface area contributed by atoms with Crippen LogP contribution in [0.15, 0.2) is 66.9 Å². The van der Waals surface area contributed by atoms with Gasteiger partial charge in [-0.2, -0.15) is 13.2 Å². The lowest BCUT2D eigenvalue weighted by Crippen LogP contribution is -2.19. The first-order chi connectivity index (χ1) is 16.2. The Morgan fingerprint density at radius 3 is 2.50 bits per heavy atom. The minimum absolute atomic E-state index is 0.247. The summed E-state index contributed by atoms with van der Waals surface area (Å²) < 4.78 is 52.2. The molecule has 2 amide bonds. The molecule has 0 unspecified atom stereocenters. The summed E-state index contributed by atoms with van der Waals surface area (Å²) >= 11 is 1.21. The van der Waals surface area contributed by atoms with Crippen molar-refractivity contribution in [2.75, 3.05) is 16.0 Å². The number of halogens is 4. The van der Waals surface area contributed by atoms with Gasteiger partial charge in [-0.25, -0.2) is 19.2 Å². The second-order valence-corrected chi connectivity index (χ2v) is 8.16. The first-order valence-corrected chi connectivity index (χ1v) is 10.7. The first kappa shape index (κ1) is 23.2. The van der Waals surface area contributed by atoms with Crippen molar-refractivity contribution in [3.63, 3.8) is 0 Å². The number of nitrogens with zero attached hydrogens (tertiary/aromatic N) is 2. The standard InChI is InChI=1S/C23H17F4N5OS/c1-13-20(34-22(29-13)32-21(33)31-18-7-3-5-16(24)12-18)14-8-9-28-19(10-14)30-17-6-2-4-15(11-17)23(25,26)27/h2-12H,1H3,(H,28,30)(H2,29,31,32,33). The molecule has 0 saturated carbocycles. The van der Waals surface area contributed by atoms with Crippen LogP contribution in [0.3, 0.4) is 0 Å². The fourth-order valence-corrected chi connectivity index (χ4v) is 4.06. The van der Waals surface area contributed by atoms with Crippen LogP contribution in [0.4, 0.5) is 44.7 Å². The van der Waals surface area contributed by atoms with Crippen LogP contribution in [0.5, 0.6) is 0 Å². The van der Waals surface area contributed by atoms with E-state index in [1.54, 1.807) is 25.1 Å². The van der Waals surface area contributed by atoms with Crippen LogP contribution in [-0.2, 0) is 6.18 Å². The zero-order valence-electron chi connectivity index (χ0n) is 17.6. The summed E-state index contributed by atoms with van der Waals surface area (Å²) in [5, 5.41) is 8.34. The van der Waals surface area contributed by atoms with E-state index in [2.05, 4.69) is 25.9 Å². The van der Waals surface area contributed by atoms with Crippen molar-refractivity contribution in [1.29, 1.82) is 0 Å². The van der Waals surface area contributed by atoms with Crippen molar-refractivity contribution in [1.82, 2.24) is 9.97 Å². The molecule has 0 aliphatic rings. The molecule has 0 bridgehead atoms. The number of urea groups is 1. The van der Waals surface area contributed by atoms with Crippen LogP contribution < -0.4 is 16.0 Å². The number of rotatable bonds is 5. The number of nitrogens with one attached hydrogen (secondary N) is 3. The van der Waals surface area contributed by atoms with E-state index in [1.165, 1.54) is 47.9 Å². The normalized spacial score (nSPS) is 11.2. The number of aromatic nitrogens is 2. The van der Waals surface area contributed by atoms with Gasteiger partial charge >= 0.3 is 12.2 Å². The highest BCUT2D eigenvalue weighted by Crippen LogP contribution is 2.35. The van der Waals surface area contributed by atoms with E-state index in [0.717, 1.165) is 22.6 Å². The molecule has 0 atom stereocenters. The average Bonchev–Trinajstić information content (AvgIpc) is 3.13. The van der Waals surface area contributed by atoms with Crippen LogP contribution in [0.1, 0.15) is 11.3 Å². The predicted molar refractivity (Wildman–Crippen MR) is 124 cm³/mol. The molecule has 4 aromatic rings. The van der Waals surface area contributed by atoms with Crippen molar-refractivity contribution in [2.45, 2.75) is 13.1 Å². The Morgan fingerprint density at radius 2 is 1.74 bits per heavy atom. The third-order valence-corrected chi connectivity index (χ3v) is 5.71. The monoisotopic (exact) mass is 487 g/mol. The minimum atomic E-state index is -4.45. The number of anilines is 4. The van der Waals surface area contributed by atoms with Crippen molar-refractivity contribution in [2.24, 2.45) is 0 Å². The molecule has 2 heterocycles. The summed E-state index contributed by atoms with van der Waals surface area (Å²) in [6.45, 7) is 1.77. The number of hydrogen-bond acceptors (Lipinski definition) is 5. The van der Waals surface area contributed by atoms with Gasteiger partial charge in [0.2, 0.25) is 0 Å². The number of amides is 2. The van der Waals surface area contributed by atoms with Crippen LogP contribution in [0.25, 0.3) is 10.4 Å². The number of aryl methyl sites for hydroxylation is 1. The molecule has 4 rings (SSSR count). The molecule has 34 heavy (non-hydrogen) atoms. The summed E-state index contributed by atoms with van der Waals surface area (Å²) in [5.74, 6) is -0.125. The number of carbonyl (C=O) groups excluding carboxylic acids is 1. The lowest BCUT2D eigenvalue weighted by Gasteiger charge is -2.10. The first-order valence-electron chi connectivity index (χ1n) is 9.89. The third kappa shape index (κ3) is 5.67. The molecule has 3 N–H and O–H groups in total. The van der Waals surface area contributed by atoms with Gasteiger partial charge < -0.3 is 10.6 Å². The van der Waals surface area contributed by atoms with Gasteiger partial charge in [0.15, 0.2) is 5.13 Å². The summed E-state index contributed by atoms with van der Waals surface area (Å²) in [6.07, 6.45) is -2.93. The Balaban J connectivity index is 1.49. The second-order valence-electron chi connectivity index (χ2n) is 7.16. The maximum Gasteiger partial charge on any atom is 0.416 e. The fraction of sp³-hybridized carbons (Fsp3) is 0.0870. The smallest absolute Gasteiger partial charge is 0.340 e. The van der Waals surface area contributed by atoms with Crippen LogP contribution >= 0.6 is 11.3 Å². The molecule has 6 nitrogen and oxygen atoms in total. The van der Waals surface area contributed by atoms with Gasteiger partial charge in [0.05, 0.1) is 16.1 Å². The van der Waals surface area contributed by atoms with Crippen LogP contribution in [-0.4, -0.2) is 16.0 Å². The van der Waals surface area contributed by atoms with Gasteiger partial charge in [0.1, 0.15) is 11.6 Å². The van der Waals surface area contributed by atoms with E-state index in [4.69, 9.17) is 0 Å². The number of benzene rings is 2. The highest BCUT2D eigenvalue weighted by molar-refractivity contribution is 7.19. The molecule has 0 radical (unpaired) electrons. The van der Waals surface area contributed by atoms with Gasteiger partial charge in [0, 0.05) is 17.6 Å². The van der Waals surface area contributed by atoms with Crippen molar-refractivity contribution < 1.29 is 22.4 Å². The highest BCUT2D eigenvalue weighted by Gasteiger charge is 2.30. The number of alkyl halides is 3. The summed E-state index contributed by atoms with van der Waals surface area (Å²) in [6, 6.07) is 13.1. The zero-order chi connectivity index (χ0) is 24.3. The SMILES string of the molecule is Cc1nc(NC(=O)Nc2cccc(F)c2)sc1-c1ccnc(Nc2cccc(C(F)(F)F)c2)c1. The lowest BCUT2D eigenvalue weighted by atomic mass is 10.2. The average molecular weight is 487 g/mol. The molecule has 0 aliphatic carbocycles. The third-order valence-electron chi connectivity index (χ3n) is 4.58. The van der Waals surface area contributed by atoms with E-state index >= 15 is 0 Å². The Labute approximate surface area is 195 Å². The van der Waals surface area contributed by atoms with E-state index in [-0.39, 0.29) is 5.69 Å². The number of hydrogen-bond donors (Lipinski definition) is 3. The Hall–Kier alpha value is -3.99. The Kier molecular flexibility index (Phi) is 6.46. The molecule has 11 heteroatoms. The molecule has 2 aromatic carbocycles. The predicted octanol–water partition coefficient (Wildman–Crippen LogP) is 7.06. The summed E-state index contributed by atoms with van der Waals surface area (Å²) in [5.41, 5.74) is 1.14. The quantitative estimate of drug-likeness (QED) is 0.263. The van der Waals surface area contributed by atoms with Crippen molar-refractivity contribution in [3.05, 3.63) is 83.9 Å². The van der Waals surface area contributed by atoms with Gasteiger partial charge in [0.25, 0.3) is 0 Å². The van der Waals surface area contributed by atoms with E-state index in [0.29, 0.717) is 22.3 Å². The highest BCUT2D eigenvalue weighted by atomic mass is 32.1. The lowest BCUT2D eigenvalue weighted by molar-refractivity contribution is -0.137. The minimum Gasteiger partial charge on any atom is -0.340 e. The molecule has 174 valence electrons. The van der Waals surface area contributed by atoms with Crippen molar-refractivity contribution in [3.8, 4) is 10.4 Å². The molecule has 0 saturated heterocycles. The molecule has 0 fully saturated rings. The number of thiazole rings is 1. The van der Waals surface area contributed by atoms with Crippen molar-refractivity contribution >= 4 is 39.7 Å². The molecule has 0 aliphatic heterocycles. The molecular weight excluding hydrogens is 470 g/mol. The fourth-order valence-electron chi connectivity index (χ4n) is 3.10. The summed E-state index contributed by atoms with van der Waals surface area (Å²) in [4.78, 5) is 21.5. The van der Waals surface area contributed by atoms with Gasteiger partial charge in [-0.15, -0.1) is 0 Å². The van der Waals surface area contributed by atoms with Gasteiger partial charge in [-0.1, -0.05) is 23.5 Å². The Bertz CT molecular complexity index is 1340. The van der Waals surface area contributed by atoms with Gasteiger partial charge in [-0.05, 0) is 61.0 Å². The van der Waals surface area contributed by atoms with E-state index in [1.807, 2.05) is 0 Å². The topological polar surface area (TPSA) is 78.9 Å². The maximum atomic E-state index is 13.3. The number of pyridine rings is 1.